The van der Waals surface area contributed by atoms with Crippen LogP contribution in [0, 0.1) is 0 Å². The molecule has 1 aliphatic heterocycles. The summed E-state index contributed by atoms with van der Waals surface area (Å²) in [4.78, 5) is 47.3. The normalized spacial score (nSPS) is 16.6. The van der Waals surface area contributed by atoms with Gasteiger partial charge in [-0.3, -0.25) is 19.7 Å². The number of imide groups is 1. The molecule has 0 radical (unpaired) electrons. The second-order valence-electron chi connectivity index (χ2n) is 6.05. The van der Waals surface area contributed by atoms with Gasteiger partial charge in [0.2, 0.25) is 0 Å². The average Bonchev–Trinajstić information content (AvgIpc) is 2.54. The second kappa shape index (κ2) is 8.32. The second-order valence-corrected chi connectivity index (χ2v) is 6.05. The number of esters is 1. The van der Waals surface area contributed by atoms with Crippen molar-refractivity contribution >= 4 is 29.5 Å². The lowest BCUT2D eigenvalue weighted by Crippen LogP contribution is -2.47. The smallest absolute Gasteiger partial charge is 0.321 e. The van der Waals surface area contributed by atoms with Gasteiger partial charge in [-0.05, 0) is 32.9 Å². The van der Waals surface area contributed by atoms with Gasteiger partial charge >= 0.3 is 12.0 Å². The van der Waals surface area contributed by atoms with Gasteiger partial charge in [0.1, 0.15) is 5.75 Å². The van der Waals surface area contributed by atoms with Crippen LogP contribution in [0.2, 0.25) is 0 Å². The summed E-state index contributed by atoms with van der Waals surface area (Å²) in [6, 6.07) is 5.99. The highest BCUT2D eigenvalue weighted by molar-refractivity contribution is 6.00. The first kappa shape index (κ1) is 19.2. The predicted octanol–water partition coefficient (Wildman–Crippen LogP) is 0.942. The Kier molecular flexibility index (Phi) is 6.16. The Morgan fingerprint density at radius 2 is 1.92 bits per heavy atom. The van der Waals surface area contributed by atoms with E-state index < -0.39 is 36.0 Å². The van der Waals surface area contributed by atoms with Crippen LogP contribution in [0.5, 0.6) is 5.75 Å². The maximum atomic E-state index is 12.0. The molecule has 9 nitrogen and oxygen atoms in total. The molecule has 0 saturated carbocycles. The quantitative estimate of drug-likeness (QED) is 0.669. The molecule has 0 unspecified atom stereocenters. The number of para-hydroxylation sites is 2. The molecule has 3 N–H and O–H groups in total. The summed E-state index contributed by atoms with van der Waals surface area (Å²) in [5, 5.41) is 7.18. The number of hydrogen-bond acceptors (Lipinski definition) is 6. The van der Waals surface area contributed by atoms with E-state index in [1.165, 1.54) is 6.92 Å². The molecule has 1 aromatic carbocycles. The van der Waals surface area contributed by atoms with E-state index in [1.807, 2.05) is 0 Å². The molecule has 9 heteroatoms. The highest BCUT2D eigenvalue weighted by Crippen LogP contribution is 2.29. The van der Waals surface area contributed by atoms with E-state index >= 15 is 0 Å². The van der Waals surface area contributed by atoms with Crippen molar-refractivity contribution in [2.75, 3.05) is 5.32 Å². The molecular weight excluding hydrogens is 342 g/mol. The number of carbonyl (C=O) groups is 4. The topological polar surface area (TPSA) is 123 Å². The fraction of sp³-hybridized carbons (Fsp3) is 0.412. The molecule has 0 spiro atoms. The first-order valence-electron chi connectivity index (χ1n) is 8.13. The number of ether oxygens (including phenoxy) is 2. The number of carbonyl (C=O) groups excluding carboxylic acids is 4. The highest BCUT2D eigenvalue weighted by atomic mass is 16.6. The molecule has 26 heavy (non-hydrogen) atoms. The van der Waals surface area contributed by atoms with Crippen LogP contribution >= 0.6 is 0 Å². The number of urea groups is 1. The molecule has 0 saturated heterocycles. The van der Waals surface area contributed by atoms with Gasteiger partial charge in [-0.1, -0.05) is 12.1 Å². The maximum absolute atomic E-state index is 12.0. The Hall–Kier alpha value is -3.10. The lowest BCUT2D eigenvalue weighted by molar-refractivity contribution is -0.157. The van der Waals surface area contributed by atoms with Crippen LogP contribution in [0.3, 0.4) is 0 Å². The third kappa shape index (κ3) is 5.20. The summed E-state index contributed by atoms with van der Waals surface area (Å²) in [5.41, 5.74) is 0.519. The molecular formula is C17H21N3O6. The third-order valence-electron chi connectivity index (χ3n) is 3.39. The number of fused-ring (bicyclic) bond motifs is 1. The van der Waals surface area contributed by atoms with E-state index in [0.717, 1.165) is 0 Å². The highest BCUT2D eigenvalue weighted by Gasteiger charge is 2.31. The maximum Gasteiger partial charge on any atom is 0.321 e. The number of hydrogen-bond donors (Lipinski definition) is 3. The largest absolute Gasteiger partial charge is 0.478 e. The zero-order valence-electron chi connectivity index (χ0n) is 14.7. The number of rotatable bonds is 5. The van der Waals surface area contributed by atoms with Gasteiger partial charge in [0.25, 0.3) is 11.8 Å². The molecule has 0 bridgehead atoms. The molecule has 140 valence electrons. The fourth-order valence-corrected chi connectivity index (χ4v) is 2.19. The summed E-state index contributed by atoms with van der Waals surface area (Å²) in [6.45, 7) is 4.80. The molecule has 1 aromatic rings. The van der Waals surface area contributed by atoms with E-state index in [9.17, 15) is 19.2 Å². The van der Waals surface area contributed by atoms with Crippen molar-refractivity contribution in [2.24, 2.45) is 0 Å². The SMILES string of the molecule is CC(C)NC(=O)NC(=O)[C@@H](C)OC(=O)C[C@@H]1Oc2ccccc2NC1=O. The van der Waals surface area contributed by atoms with Crippen molar-refractivity contribution in [3.8, 4) is 5.75 Å². The number of anilines is 1. The summed E-state index contributed by atoms with van der Waals surface area (Å²) >= 11 is 0. The molecule has 4 amide bonds. The zero-order chi connectivity index (χ0) is 19.3. The monoisotopic (exact) mass is 363 g/mol. The Bertz CT molecular complexity index is 718. The Morgan fingerprint density at radius 3 is 2.62 bits per heavy atom. The van der Waals surface area contributed by atoms with Gasteiger partial charge in [-0.15, -0.1) is 0 Å². The Balaban J connectivity index is 1.85. The third-order valence-corrected chi connectivity index (χ3v) is 3.39. The summed E-state index contributed by atoms with van der Waals surface area (Å²) in [6.07, 6.45) is -2.62. The molecule has 1 aliphatic rings. The Labute approximate surface area is 150 Å². The molecule has 0 fully saturated rings. The minimum Gasteiger partial charge on any atom is -0.478 e. The van der Waals surface area contributed by atoms with Crippen LogP contribution in [0.4, 0.5) is 10.5 Å². The van der Waals surface area contributed by atoms with Crippen molar-refractivity contribution in [3.05, 3.63) is 24.3 Å². The molecule has 0 aromatic heterocycles. The molecule has 2 rings (SSSR count). The van der Waals surface area contributed by atoms with E-state index in [0.29, 0.717) is 11.4 Å². The van der Waals surface area contributed by atoms with Crippen LogP contribution in [0.1, 0.15) is 27.2 Å². The van der Waals surface area contributed by atoms with E-state index in [2.05, 4.69) is 16.0 Å². The van der Waals surface area contributed by atoms with Crippen LogP contribution in [-0.2, 0) is 19.1 Å². The molecule has 2 atom stereocenters. The fourth-order valence-electron chi connectivity index (χ4n) is 2.19. The van der Waals surface area contributed by atoms with Gasteiger partial charge in [0.05, 0.1) is 12.1 Å². The van der Waals surface area contributed by atoms with Crippen molar-refractivity contribution < 1.29 is 28.7 Å². The minimum atomic E-state index is -1.20. The van der Waals surface area contributed by atoms with Crippen LogP contribution in [-0.4, -0.2) is 42.1 Å². The number of benzene rings is 1. The minimum absolute atomic E-state index is 0.148. The van der Waals surface area contributed by atoms with E-state index in [4.69, 9.17) is 9.47 Å². The number of amides is 4. The summed E-state index contributed by atoms with van der Waals surface area (Å²) in [5.74, 6) is -1.59. The van der Waals surface area contributed by atoms with Crippen molar-refractivity contribution in [3.63, 3.8) is 0 Å². The van der Waals surface area contributed by atoms with Crippen LogP contribution in [0.25, 0.3) is 0 Å². The summed E-state index contributed by atoms with van der Waals surface area (Å²) in [7, 11) is 0. The van der Waals surface area contributed by atoms with Crippen molar-refractivity contribution in [1.29, 1.82) is 0 Å². The van der Waals surface area contributed by atoms with Gasteiger partial charge in [-0.25, -0.2) is 4.79 Å². The van der Waals surface area contributed by atoms with Gasteiger partial charge < -0.3 is 20.1 Å². The zero-order valence-corrected chi connectivity index (χ0v) is 14.7. The first-order valence-corrected chi connectivity index (χ1v) is 8.13. The lowest BCUT2D eigenvalue weighted by Gasteiger charge is -2.25. The standard InChI is InChI=1S/C17H21N3O6/c1-9(2)18-17(24)20-15(22)10(3)25-14(21)8-13-16(23)19-11-6-4-5-7-12(11)26-13/h4-7,9-10,13H,8H2,1-3H3,(H,19,23)(H2,18,20,22,24)/t10-,13+/m1/s1. The predicted molar refractivity (Wildman–Crippen MR) is 91.5 cm³/mol. The van der Waals surface area contributed by atoms with Crippen LogP contribution < -0.4 is 20.7 Å². The lowest BCUT2D eigenvalue weighted by atomic mass is 10.1. The van der Waals surface area contributed by atoms with Crippen molar-refractivity contribution in [2.45, 2.75) is 45.4 Å². The molecule has 0 aliphatic carbocycles. The van der Waals surface area contributed by atoms with E-state index in [-0.39, 0.29) is 12.5 Å². The van der Waals surface area contributed by atoms with E-state index in [1.54, 1.807) is 38.1 Å². The van der Waals surface area contributed by atoms with Gasteiger partial charge in [0.15, 0.2) is 12.2 Å². The average molecular weight is 363 g/mol. The summed E-state index contributed by atoms with van der Waals surface area (Å²) < 4.78 is 10.5. The van der Waals surface area contributed by atoms with Crippen molar-refractivity contribution in [1.82, 2.24) is 10.6 Å². The van der Waals surface area contributed by atoms with Crippen LogP contribution in [0.15, 0.2) is 24.3 Å². The first-order chi connectivity index (χ1) is 12.3. The Morgan fingerprint density at radius 1 is 1.23 bits per heavy atom. The number of nitrogens with one attached hydrogen (secondary N) is 3. The van der Waals surface area contributed by atoms with Gasteiger partial charge in [-0.2, -0.15) is 0 Å². The molecule has 1 heterocycles. The van der Waals surface area contributed by atoms with Gasteiger partial charge in [0, 0.05) is 6.04 Å².